The predicted molar refractivity (Wildman–Crippen MR) is 99.9 cm³/mol. The minimum atomic E-state index is -1.03. The van der Waals surface area contributed by atoms with Gasteiger partial charge in [-0.3, -0.25) is 4.79 Å². The topological polar surface area (TPSA) is 118 Å². The molecular weight excluding hydrogens is 364 g/mol. The Bertz CT molecular complexity index is 904. The van der Waals surface area contributed by atoms with E-state index >= 15 is 0 Å². The fourth-order valence-corrected chi connectivity index (χ4v) is 2.47. The van der Waals surface area contributed by atoms with E-state index in [-0.39, 0.29) is 18.1 Å². The summed E-state index contributed by atoms with van der Waals surface area (Å²) in [6.45, 7) is 0.118. The molecule has 0 fully saturated rings. The van der Waals surface area contributed by atoms with Gasteiger partial charge < -0.3 is 24.6 Å². The highest BCUT2D eigenvalue weighted by Gasteiger charge is 2.11. The molecule has 0 unspecified atom stereocenters. The molecule has 0 aliphatic carbocycles. The first kappa shape index (κ1) is 20.6. The van der Waals surface area contributed by atoms with E-state index in [0.717, 1.165) is 5.56 Å². The first-order valence-corrected chi connectivity index (χ1v) is 8.36. The van der Waals surface area contributed by atoms with E-state index in [4.69, 9.17) is 24.6 Å². The van der Waals surface area contributed by atoms with Crippen molar-refractivity contribution in [1.29, 1.82) is 5.26 Å². The highest BCUT2D eigenvalue weighted by atomic mass is 16.5. The lowest BCUT2D eigenvalue weighted by atomic mass is 10.1. The summed E-state index contributed by atoms with van der Waals surface area (Å²) in [5.41, 5.74) is 1.34. The number of nitrogens with one attached hydrogen (secondary N) is 1. The minimum Gasteiger partial charge on any atom is -0.496 e. The molecule has 2 aromatic rings. The van der Waals surface area contributed by atoms with Crippen LogP contribution in [0.5, 0.6) is 17.2 Å². The second-order valence-electron chi connectivity index (χ2n) is 5.70. The van der Waals surface area contributed by atoms with Crippen LogP contribution < -0.4 is 19.5 Å². The van der Waals surface area contributed by atoms with E-state index in [0.29, 0.717) is 35.8 Å². The molecule has 8 nitrogen and oxygen atoms in total. The van der Waals surface area contributed by atoms with Gasteiger partial charge in [-0.15, -0.1) is 0 Å². The van der Waals surface area contributed by atoms with Gasteiger partial charge in [-0.1, -0.05) is 6.07 Å². The van der Waals surface area contributed by atoms with Crippen molar-refractivity contribution >= 4 is 11.9 Å². The molecule has 1 amide bonds. The number of carbonyl (C=O) groups is 2. The van der Waals surface area contributed by atoms with Crippen LogP contribution in [0.15, 0.2) is 36.4 Å². The molecule has 0 saturated heterocycles. The molecule has 0 atom stereocenters. The Labute approximate surface area is 162 Å². The van der Waals surface area contributed by atoms with Gasteiger partial charge in [0.1, 0.15) is 5.75 Å². The number of hydrogen-bond acceptors (Lipinski definition) is 6. The number of amides is 1. The van der Waals surface area contributed by atoms with Crippen LogP contribution >= 0.6 is 0 Å². The molecule has 2 N–H and O–H groups in total. The Balaban J connectivity index is 1.87. The molecule has 0 spiro atoms. The number of hydrogen-bond donors (Lipinski definition) is 2. The van der Waals surface area contributed by atoms with Crippen molar-refractivity contribution in [3.63, 3.8) is 0 Å². The predicted octanol–water partition coefficient (Wildman–Crippen LogP) is 2.01. The third-order valence-corrected chi connectivity index (χ3v) is 3.90. The van der Waals surface area contributed by atoms with E-state index < -0.39 is 5.97 Å². The van der Waals surface area contributed by atoms with Crippen LogP contribution in [0.25, 0.3) is 0 Å². The number of carbonyl (C=O) groups excluding carboxylic acids is 1. The summed E-state index contributed by atoms with van der Waals surface area (Å²) in [4.78, 5) is 23.0. The number of nitrogens with zero attached hydrogens (tertiary/aromatic N) is 1. The van der Waals surface area contributed by atoms with Crippen LogP contribution in [0.2, 0.25) is 0 Å². The SMILES string of the molecule is COc1cc(C(=O)O)ccc1CCNC(=O)COc1ccc(C#N)cc1OC. The maximum absolute atomic E-state index is 12.0. The molecule has 146 valence electrons. The summed E-state index contributed by atoms with van der Waals surface area (Å²) < 4.78 is 15.8. The Hall–Kier alpha value is -3.73. The fraction of sp³-hybridized carbons (Fsp3) is 0.250. The van der Waals surface area contributed by atoms with E-state index in [1.165, 1.54) is 32.4 Å². The first-order valence-electron chi connectivity index (χ1n) is 8.36. The van der Waals surface area contributed by atoms with E-state index in [2.05, 4.69) is 5.32 Å². The van der Waals surface area contributed by atoms with Gasteiger partial charge in [-0.2, -0.15) is 5.26 Å². The van der Waals surface area contributed by atoms with Crippen LogP contribution in [-0.4, -0.2) is 44.4 Å². The number of carboxylic acid groups (broad SMARTS) is 1. The zero-order valence-corrected chi connectivity index (χ0v) is 15.5. The molecule has 0 heterocycles. The highest BCUT2D eigenvalue weighted by Crippen LogP contribution is 2.27. The number of rotatable bonds is 9. The van der Waals surface area contributed by atoms with Crippen molar-refractivity contribution in [3.05, 3.63) is 53.1 Å². The van der Waals surface area contributed by atoms with Gasteiger partial charge in [0.25, 0.3) is 5.91 Å². The third-order valence-electron chi connectivity index (χ3n) is 3.90. The average molecular weight is 384 g/mol. The lowest BCUT2D eigenvalue weighted by Gasteiger charge is -2.12. The second kappa shape index (κ2) is 9.83. The summed E-state index contributed by atoms with van der Waals surface area (Å²) in [5, 5.41) is 20.6. The Morgan fingerprint density at radius 1 is 1.07 bits per heavy atom. The summed E-state index contributed by atoms with van der Waals surface area (Å²) >= 11 is 0. The Morgan fingerprint density at radius 2 is 1.82 bits per heavy atom. The number of carboxylic acids is 1. The molecule has 2 rings (SSSR count). The Morgan fingerprint density at radius 3 is 2.46 bits per heavy atom. The van der Waals surface area contributed by atoms with Crippen molar-refractivity contribution < 1.29 is 28.9 Å². The van der Waals surface area contributed by atoms with E-state index in [9.17, 15) is 9.59 Å². The number of methoxy groups -OCH3 is 2. The smallest absolute Gasteiger partial charge is 0.335 e. The molecule has 0 aliphatic heterocycles. The van der Waals surface area contributed by atoms with Crippen molar-refractivity contribution in [3.8, 4) is 23.3 Å². The fourth-order valence-electron chi connectivity index (χ4n) is 2.47. The summed E-state index contributed by atoms with van der Waals surface area (Å²) in [6, 6.07) is 11.3. The largest absolute Gasteiger partial charge is 0.496 e. The van der Waals surface area contributed by atoms with Gasteiger partial charge in [-0.05, 0) is 36.2 Å². The maximum Gasteiger partial charge on any atom is 0.335 e. The molecule has 0 aliphatic rings. The first-order chi connectivity index (χ1) is 13.5. The molecule has 0 radical (unpaired) electrons. The molecule has 28 heavy (non-hydrogen) atoms. The Kier molecular flexibility index (Phi) is 7.22. The summed E-state index contributed by atoms with van der Waals surface area (Å²) in [7, 11) is 2.91. The normalized spacial score (nSPS) is 9.89. The van der Waals surface area contributed by atoms with Gasteiger partial charge >= 0.3 is 5.97 Å². The van der Waals surface area contributed by atoms with Crippen molar-refractivity contribution in [2.45, 2.75) is 6.42 Å². The van der Waals surface area contributed by atoms with Crippen molar-refractivity contribution in [2.24, 2.45) is 0 Å². The zero-order valence-electron chi connectivity index (χ0n) is 15.5. The molecule has 0 saturated carbocycles. The van der Waals surface area contributed by atoms with Gasteiger partial charge in [0.05, 0.1) is 31.4 Å². The summed E-state index contributed by atoms with van der Waals surface area (Å²) in [5.74, 6) is -0.175. The quantitative estimate of drug-likeness (QED) is 0.679. The standard InChI is InChI=1S/C20H20N2O6/c1-26-17-10-15(20(24)25)5-4-14(17)7-8-22-19(23)12-28-16-6-3-13(11-21)9-18(16)27-2/h3-6,9-10H,7-8,12H2,1-2H3,(H,22,23)(H,24,25). The molecule has 0 bridgehead atoms. The number of aromatic carboxylic acids is 1. The van der Waals surface area contributed by atoms with Crippen LogP contribution in [0, 0.1) is 11.3 Å². The van der Waals surface area contributed by atoms with Crippen LogP contribution in [0.4, 0.5) is 0 Å². The average Bonchev–Trinajstić information content (AvgIpc) is 2.72. The van der Waals surface area contributed by atoms with Crippen LogP contribution in [-0.2, 0) is 11.2 Å². The van der Waals surface area contributed by atoms with E-state index in [1.807, 2.05) is 6.07 Å². The number of benzene rings is 2. The lowest BCUT2D eigenvalue weighted by Crippen LogP contribution is -2.30. The lowest BCUT2D eigenvalue weighted by molar-refractivity contribution is -0.123. The second-order valence-corrected chi connectivity index (χ2v) is 5.70. The van der Waals surface area contributed by atoms with Gasteiger partial charge in [-0.25, -0.2) is 4.79 Å². The minimum absolute atomic E-state index is 0.134. The van der Waals surface area contributed by atoms with Crippen LogP contribution in [0.1, 0.15) is 21.5 Å². The highest BCUT2D eigenvalue weighted by molar-refractivity contribution is 5.88. The number of nitriles is 1. The van der Waals surface area contributed by atoms with Gasteiger partial charge in [0.2, 0.25) is 0 Å². The molecular formula is C20H20N2O6. The van der Waals surface area contributed by atoms with Gasteiger partial charge in [0, 0.05) is 12.6 Å². The molecule has 0 aromatic heterocycles. The van der Waals surface area contributed by atoms with Gasteiger partial charge in [0.15, 0.2) is 18.1 Å². The molecule has 2 aromatic carbocycles. The van der Waals surface area contributed by atoms with Crippen molar-refractivity contribution in [1.82, 2.24) is 5.32 Å². The maximum atomic E-state index is 12.0. The van der Waals surface area contributed by atoms with Crippen molar-refractivity contribution in [2.75, 3.05) is 27.4 Å². The summed E-state index contributed by atoms with van der Waals surface area (Å²) in [6.07, 6.45) is 0.467. The third kappa shape index (κ3) is 5.38. The monoisotopic (exact) mass is 384 g/mol. The number of ether oxygens (including phenoxy) is 3. The van der Waals surface area contributed by atoms with Crippen LogP contribution in [0.3, 0.4) is 0 Å². The zero-order chi connectivity index (χ0) is 20.5. The van der Waals surface area contributed by atoms with E-state index in [1.54, 1.807) is 18.2 Å². The molecule has 8 heteroatoms.